The topological polar surface area (TPSA) is 49.9 Å². The van der Waals surface area contributed by atoms with Gasteiger partial charge in [0.2, 0.25) is 0 Å². The SMILES string of the molecule is CCCOc1cccc(C(Cc2ncc[nH]2)NC)c1. The summed E-state index contributed by atoms with van der Waals surface area (Å²) in [5.41, 5.74) is 1.22. The molecule has 0 aliphatic carbocycles. The number of ether oxygens (including phenoxy) is 1. The van der Waals surface area contributed by atoms with Crippen molar-refractivity contribution in [2.24, 2.45) is 0 Å². The summed E-state index contributed by atoms with van der Waals surface area (Å²) in [6.07, 6.45) is 5.48. The number of benzene rings is 1. The molecular weight excluding hydrogens is 238 g/mol. The molecule has 0 saturated heterocycles. The van der Waals surface area contributed by atoms with Crippen LogP contribution in [0.5, 0.6) is 5.75 Å². The lowest BCUT2D eigenvalue weighted by molar-refractivity contribution is 0.316. The second kappa shape index (κ2) is 6.95. The van der Waals surface area contributed by atoms with Crippen LogP contribution >= 0.6 is 0 Å². The molecule has 1 aromatic heterocycles. The van der Waals surface area contributed by atoms with Gasteiger partial charge in [-0.2, -0.15) is 0 Å². The Balaban J connectivity index is 2.09. The number of imidazole rings is 1. The van der Waals surface area contributed by atoms with E-state index in [2.05, 4.69) is 34.3 Å². The van der Waals surface area contributed by atoms with E-state index in [0.29, 0.717) is 0 Å². The number of nitrogens with one attached hydrogen (secondary N) is 2. The lowest BCUT2D eigenvalue weighted by Gasteiger charge is -2.16. The average molecular weight is 259 g/mol. The van der Waals surface area contributed by atoms with Gasteiger partial charge in [0.15, 0.2) is 0 Å². The molecule has 0 fully saturated rings. The summed E-state index contributed by atoms with van der Waals surface area (Å²) < 4.78 is 5.67. The van der Waals surface area contributed by atoms with Gasteiger partial charge in [0.05, 0.1) is 6.61 Å². The van der Waals surface area contributed by atoms with E-state index in [0.717, 1.165) is 31.0 Å². The van der Waals surface area contributed by atoms with Crippen molar-refractivity contribution in [1.29, 1.82) is 0 Å². The van der Waals surface area contributed by atoms with E-state index in [-0.39, 0.29) is 6.04 Å². The Bertz CT molecular complexity index is 482. The zero-order valence-corrected chi connectivity index (χ0v) is 11.5. The van der Waals surface area contributed by atoms with Gasteiger partial charge in [-0.3, -0.25) is 0 Å². The molecule has 102 valence electrons. The maximum Gasteiger partial charge on any atom is 0.119 e. The van der Waals surface area contributed by atoms with Gasteiger partial charge in [0, 0.05) is 24.9 Å². The predicted molar refractivity (Wildman–Crippen MR) is 76.3 cm³/mol. The number of aromatic amines is 1. The number of likely N-dealkylation sites (N-methyl/N-ethyl adjacent to an activating group) is 1. The van der Waals surface area contributed by atoms with E-state index in [9.17, 15) is 0 Å². The number of rotatable bonds is 7. The van der Waals surface area contributed by atoms with Gasteiger partial charge in [0.1, 0.15) is 11.6 Å². The van der Waals surface area contributed by atoms with E-state index in [1.54, 1.807) is 6.20 Å². The van der Waals surface area contributed by atoms with Gasteiger partial charge in [-0.25, -0.2) is 4.98 Å². The summed E-state index contributed by atoms with van der Waals surface area (Å²) in [5, 5.41) is 3.32. The fourth-order valence-electron chi connectivity index (χ4n) is 2.03. The molecule has 0 amide bonds. The first kappa shape index (κ1) is 13.6. The summed E-state index contributed by atoms with van der Waals surface area (Å²) in [4.78, 5) is 7.41. The number of H-pyrrole nitrogens is 1. The first-order valence-electron chi connectivity index (χ1n) is 6.71. The molecule has 4 heteroatoms. The van der Waals surface area contributed by atoms with Crippen molar-refractivity contribution in [2.75, 3.05) is 13.7 Å². The van der Waals surface area contributed by atoms with Crippen LogP contribution in [0.3, 0.4) is 0 Å². The molecule has 4 nitrogen and oxygen atoms in total. The highest BCUT2D eigenvalue weighted by molar-refractivity contribution is 5.31. The van der Waals surface area contributed by atoms with Crippen molar-refractivity contribution < 1.29 is 4.74 Å². The third-order valence-electron chi connectivity index (χ3n) is 3.03. The molecule has 0 spiro atoms. The maximum atomic E-state index is 5.67. The third kappa shape index (κ3) is 3.83. The maximum absolute atomic E-state index is 5.67. The molecule has 0 aliphatic heterocycles. The van der Waals surface area contributed by atoms with Crippen molar-refractivity contribution >= 4 is 0 Å². The Kier molecular flexibility index (Phi) is 4.98. The Morgan fingerprint density at radius 1 is 1.42 bits per heavy atom. The predicted octanol–water partition coefficient (Wildman–Crippen LogP) is 2.70. The minimum Gasteiger partial charge on any atom is -0.494 e. The van der Waals surface area contributed by atoms with Crippen LogP contribution in [0.2, 0.25) is 0 Å². The third-order valence-corrected chi connectivity index (χ3v) is 3.03. The fraction of sp³-hybridized carbons (Fsp3) is 0.400. The molecule has 19 heavy (non-hydrogen) atoms. The smallest absolute Gasteiger partial charge is 0.119 e. The molecule has 0 saturated carbocycles. The van der Waals surface area contributed by atoms with Crippen LogP contribution in [0.4, 0.5) is 0 Å². The standard InChI is InChI=1S/C15H21N3O/c1-3-9-19-13-6-4-5-12(10-13)14(16-2)11-15-17-7-8-18-15/h4-8,10,14,16H,3,9,11H2,1-2H3,(H,17,18). The van der Waals surface area contributed by atoms with Crippen LogP contribution in [0.1, 0.15) is 30.8 Å². The zero-order valence-electron chi connectivity index (χ0n) is 11.5. The van der Waals surface area contributed by atoms with E-state index < -0.39 is 0 Å². The highest BCUT2D eigenvalue weighted by Crippen LogP contribution is 2.21. The highest BCUT2D eigenvalue weighted by atomic mass is 16.5. The summed E-state index contributed by atoms with van der Waals surface area (Å²) in [6.45, 7) is 2.86. The Morgan fingerprint density at radius 2 is 2.32 bits per heavy atom. The Morgan fingerprint density at radius 3 is 3.00 bits per heavy atom. The average Bonchev–Trinajstić information content (AvgIpc) is 2.96. The number of aromatic nitrogens is 2. The van der Waals surface area contributed by atoms with Crippen molar-refractivity contribution in [3.8, 4) is 5.75 Å². The molecular formula is C15H21N3O. The number of nitrogens with zero attached hydrogens (tertiary/aromatic N) is 1. The van der Waals surface area contributed by atoms with E-state index in [1.165, 1.54) is 5.56 Å². The summed E-state index contributed by atoms with van der Waals surface area (Å²) in [7, 11) is 1.97. The van der Waals surface area contributed by atoms with Crippen molar-refractivity contribution in [2.45, 2.75) is 25.8 Å². The minimum atomic E-state index is 0.233. The summed E-state index contributed by atoms with van der Waals surface area (Å²) in [5.74, 6) is 1.92. The van der Waals surface area contributed by atoms with E-state index in [1.807, 2.05) is 25.4 Å². The molecule has 0 aliphatic rings. The van der Waals surface area contributed by atoms with Gasteiger partial charge >= 0.3 is 0 Å². The van der Waals surface area contributed by atoms with Gasteiger partial charge in [-0.1, -0.05) is 19.1 Å². The summed E-state index contributed by atoms with van der Waals surface area (Å²) >= 11 is 0. The molecule has 0 radical (unpaired) electrons. The van der Waals surface area contributed by atoms with Crippen LogP contribution in [0, 0.1) is 0 Å². The molecule has 1 heterocycles. The molecule has 1 atom stereocenters. The number of hydrogen-bond donors (Lipinski definition) is 2. The highest BCUT2D eigenvalue weighted by Gasteiger charge is 2.12. The number of hydrogen-bond acceptors (Lipinski definition) is 3. The van der Waals surface area contributed by atoms with Crippen LogP contribution in [0.15, 0.2) is 36.7 Å². The van der Waals surface area contributed by atoms with Gasteiger partial charge < -0.3 is 15.0 Å². The molecule has 2 aromatic rings. The molecule has 2 rings (SSSR count). The molecule has 1 aromatic carbocycles. The Labute approximate surface area is 114 Å². The van der Waals surface area contributed by atoms with Crippen LogP contribution in [-0.4, -0.2) is 23.6 Å². The van der Waals surface area contributed by atoms with Gasteiger partial charge in [0.25, 0.3) is 0 Å². The minimum absolute atomic E-state index is 0.233. The van der Waals surface area contributed by atoms with Crippen molar-refractivity contribution in [1.82, 2.24) is 15.3 Å². The molecule has 0 bridgehead atoms. The van der Waals surface area contributed by atoms with Gasteiger partial charge in [-0.05, 0) is 31.2 Å². The van der Waals surface area contributed by atoms with Crippen LogP contribution in [-0.2, 0) is 6.42 Å². The second-order valence-corrected chi connectivity index (χ2v) is 4.50. The zero-order chi connectivity index (χ0) is 13.5. The quantitative estimate of drug-likeness (QED) is 0.803. The lowest BCUT2D eigenvalue weighted by atomic mass is 10.0. The fourth-order valence-corrected chi connectivity index (χ4v) is 2.03. The molecule has 1 unspecified atom stereocenters. The largest absolute Gasteiger partial charge is 0.494 e. The first-order valence-corrected chi connectivity index (χ1v) is 6.71. The summed E-state index contributed by atoms with van der Waals surface area (Å²) in [6, 6.07) is 8.48. The monoisotopic (exact) mass is 259 g/mol. The van der Waals surface area contributed by atoms with E-state index in [4.69, 9.17) is 4.74 Å². The normalized spacial score (nSPS) is 12.3. The second-order valence-electron chi connectivity index (χ2n) is 4.50. The molecule has 2 N–H and O–H groups in total. The van der Waals surface area contributed by atoms with E-state index >= 15 is 0 Å². The van der Waals surface area contributed by atoms with Crippen molar-refractivity contribution in [3.63, 3.8) is 0 Å². The van der Waals surface area contributed by atoms with Crippen LogP contribution < -0.4 is 10.1 Å². The lowest BCUT2D eigenvalue weighted by Crippen LogP contribution is -2.19. The van der Waals surface area contributed by atoms with Crippen molar-refractivity contribution in [3.05, 3.63) is 48.0 Å². The Hall–Kier alpha value is -1.81. The van der Waals surface area contributed by atoms with Crippen LogP contribution in [0.25, 0.3) is 0 Å². The first-order chi connectivity index (χ1) is 9.33. The van der Waals surface area contributed by atoms with Gasteiger partial charge in [-0.15, -0.1) is 0 Å².